The van der Waals surface area contributed by atoms with Crippen molar-refractivity contribution in [3.05, 3.63) is 108 Å². The molecule has 0 saturated heterocycles. The Morgan fingerprint density at radius 3 is 1.39 bits per heavy atom. The highest BCUT2D eigenvalue weighted by Gasteiger charge is 2.38. The highest BCUT2D eigenvalue weighted by atomic mass is 16.5. The monoisotopic (exact) mass is 374 g/mol. The van der Waals surface area contributed by atoms with E-state index in [2.05, 4.69) is 86.6 Å². The van der Waals surface area contributed by atoms with Gasteiger partial charge in [-0.25, -0.2) is 0 Å². The van der Waals surface area contributed by atoms with Crippen molar-refractivity contribution in [1.29, 1.82) is 0 Å². The summed E-state index contributed by atoms with van der Waals surface area (Å²) in [4.78, 5) is 0. The fraction of sp³-hybridized carbons (Fsp3) is 0.308. The Kier molecular flexibility index (Phi) is 7.02. The molecule has 0 aliphatic heterocycles. The molecular formula is C26H30O2. The van der Waals surface area contributed by atoms with Crippen LogP contribution >= 0.6 is 0 Å². The van der Waals surface area contributed by atoms with Gasteiger partial charge >= 0.3 is 0 Å². The molecule has 0 saturated carbocycles. The maximum atomic E-state index is 6.82. The molecule has 1 unspecified atom stereocenters. The third kappa shape index (κ3) is 4.52. The lowest BCUT2D eigenvalue weighted by molar-refractivity contribution is -0.0572. The average Bonchev–Trinajstić information content (AvgIpc) is 2.75. The zero-order valence-corrected chi connectivity index (χ0v) is 17.0. The van der Waals surface area contributed by atoms with Gasteiger partial charge in [0, 0.05) is 7.11 Å². The summed E-state index contributed by atoms with van der Waals surface area (Å²) >= 11 is 0. The summed E-state index contributed by atoms with van der Waals surface area (Å²) in [6, 6.07) is 31.4. The number of ether oxygens (including phenoxy) is 2. The van der Waals surface area contributed by atoms with E-state index in [1.165, 1.54) is 0 Å². The Morgan fingerprint density at radius 1 is 0.679 bits per heavy atom. The normalized spacial score (nSPS) is 12.9. The van der Waals surface area contributed by atoms with Crippen molar-refractivity contribution in [2.24, 2.45) is 5.92 Å². The maximum absolute atomic E-state index is 6.82. The predicted octanol–water partition coefficient (Wildman–Crippen LogP) is 6.06. The van der Waals surface area contributed by atoms with Gasteiger partial charge in [0.05, 0.1) is 12.7 Å². The summed E-state index contributed by atoms with van der Waals surface area (Å²) in [6.07, 6.45) is 1.01. The van der Waals surface area contributed by atoms with Gasteiger partial charge in [0.15, 0.2) is 0 Å². The van der Waals surface area contributed by atoms with Crippen molar-refractivity contribution in [3.8, 4) is 0 Å². The molecule has 0 aliphatic rings. The van der Waals surface area contributed by atoms with Crippen LogP contribution in [-0.2, 0) is 15.1 Å². The van der Waals surface area contributed by atoms with Crippen LogP contribution in [0.4, 0.5) is 0 Å². The molecule has 2 heteroatoms. The highest BCUT2D eigenvalue weighted by Crippen LogP contribution is 2.40. The Morgan fingerprint density at radius 2 is 1.07 bits per heavy atom. The van der Waals surface area contributed by atoms with Gasteiger partial charge in [0.25, 0.3) is 0 Å². The molecule has 3 aromatic rings. The third-order valence-corrected chi connectivity index (χ3v) is 5.09. The van der Waals surface area contributed by atoms with Crippen molar-refractivity contribution in [3.63, 3.8) is 0 Å². The standard InChI is InChI=1S/C26H30O2/c1-21(2)19-25(27-3)20-28-26(22-13-7-4-8-14-22,23-15-9-5-10-16-23)24-17-11-6-12-18-24/h4-18,21,25H,19-20H2,1-3H3. The second kappa shape index (κ2) is 9.68. The molecule has 2 nitrogen and oxygen atoms in total. The van der Waals surface area contributed by atoms with E-state index < -0.39 is 5.60 Å². The lowest BCUT2D eigenvalue weighted by Gasteiger charge is -2.37. The first-order chi connectivity index (χ1) is 13.7. The molecule has 28 heavy (non-hydrogen) atoms. The van der Waals surface area contributed by atoms with Crippen LogP contribution in [0, 0.1) is 5.92 Å². The summed E-state index contributed by atoms with van der Waals surface area (Å²) in [5, 5.41) is 0. The highest BCUT2D eigenvalue weighted by molar-refractivity contribution is 5.47. The minimum absolute atomic E-state index is 0.0514. The molecule has 0 radical (unpaired) electrons. The van der Waals surface area contributed by atoms with E-state index >= 15 is 0 Å². The summed E-state index contributed by atoms with van der Waals surface area (Å²) in [5.74, 6) is 0.549. The van der Waals surface area contributed by atoms with Gasteiger partial charge in [-0.15, -0.1) is 0 Å². The molecule has 0 N–H and O–H groups in total. The van der Waals surface area contributed by atoms with Crippen molar-refractivity contribution in [1.82, 2.24) is 0 Å². The molecule has 0 heterocycles. The van der Waals surface area contributed by atoms with Gasteiger partial charge in [-0.3, -0.25) is 0 Å². The first kappa shape index (κ1) is 20.3. The van der Waals surface area contributed by atoms with Crippen LogP contribution in [0.2, 0.25) is 0 Å². The van der Waals surface area contributed by atoms with E-state index in [9.17, 15) is 0 Å². The molecule has 1 atom stereocenters. The van der Waals surface area contributed by atoms with E-state index in [-0.39, 0.29) is 6.10 Å². The Hall–Kier alpha value is -2.42. The second-order valence-corrected chi connectivity index (χ2v) is 7.58. The number of rotatable bonds is 9. The summed E-state index contributed by atoms with van der Waals surface area (Å²) in [7, 11) is 1.77. The van der Waals surface area contributed by atoms with E-state index in [0.29, 0.717) is 12.5 Å². The van der Waals surface area contributed by atoms with Crippen LogP contribution in [0.25, 0.3) is 0 Å². The molecule has 0 aromatic heterocycles. The first-order valence-corrected chi connectivity index (χ1v) is 10.00. The van der Waals surface area contributed by atoms with Gasteiger partial charge in [-0.05, 0) is 29.0 Å². The minimum Gasteiger partial charge on any atom is -0.379 e. The fourth-order valence-electron chi connectivity index (χ4n) is 3.74. The van der Waals surface area contributed by atoms with Gasteiger partial charge in [-0.2, -0.15) is 0 Å². The maximum Gasteiger partial charge on any atom is 0.143 e. The topological polar surface area (TPSA) is 18.5 Å². The van der Waals surface area contributed by atoms with Crippen molar-refractivity contribution < 1.29 is 9.47 Å². The number of hydrogen-bond donors (Lipinski definition) is 0. The van der Waals surface area contributed by atoms with Crippen LogP contribution in [0.3, 0.4) is 0 Å². The Labute approximate surface area is 169 Å². The third-order valence-electron chi connectivity index (χ3n) is 5.09. The second-order valence-electron chi connectivity index (χ2n) is 7.58. The molecule has 0 amide bonds. The Balaban J connectivity index is 2.11. The van der Waals surface area contributed by atoms with Gasteiger partial charge in [-0.1, -0.05) is 105 Å². The van der Waals surface area contributed by atoms with Gasteiger partial charge in [0.2, 0.25) is 0 Å². The number of hydrogen-bond acceptors (Lipinski definition) is 2. The molecule has 0 spiro atoms. The van der Waals surface area contributed by atoms with E-state index in [1.807, 2.05) is 18.2 Å². The summed E-state index contributed by atoms with van der Waals surface area (Å²) in [6.45, 7) is 4.95. The molecule has 0 aliphatic carbocycles. The number of methoxy groups -OCH3 is 1. The predicted molar refractivity (Wildman–Crippen MR) is 115 cm³/mol. The van der Waals surface area contributed by atoms with Crippen molar-refractivity contribution >= 4 is 0 Å². The Bertz CT molecular complexity index is 716. The lowest BCUT2D eigenvalue weighted by Crippen LogP contribution is -2.36. The van der Waals surface area contributed by atoms with E-state index in [0.717, 1.165) is 23.1 Å². The first-order valence-electron chi connectivity index (χ1n) is 10.00. The van der Waals surface area contributed by atoms with Crippen LogP contribution < -0.4 is 0 Å². The summed E-state index contributed by atoms with van der Waals surface area (Å²) < 4.78 is 12.6. The fourth-order valence-corrected chi connectivity index (χ4v) is 3.74. The smallest absolute Gasteiger partial charge is 0.143 e. The molecule has 3 rings (SSSR count). The van der Waals surface area contributed by atoms with Gasteiger partial charge in [0.1, 0.15) is 5.60 Å². The molecule has 0 bridgehead atoms. The van der Waals surface area contributed by atoms with Crippen LogP contribution in [0.1, 0.15) is 37.0 Å². The van der Waals surface area contributed by atoms with E-state index in [4.69, 9.17) is 9.47 Å². The lowest BCUT2D eigenvalue weighted by atomic mass is 9.80. The van der Waals surface area contributed by atoms with Crippen molar-refractivity contribution in [2.75, 3.05) is 13.7 Å². The average molecular weight is 375 g/mol. The van der Waals surface area contributed by atoms with Crippen molar-refractivity contribution in [2.45, 2.75) is 32.0 Å². The van der Waals surface area contributed by atoms with Crippen LogP contribution in [0.15, 0.2) is 91.0 Å². The largest absolute Gasteiger partial charge is 0.379 e. The van der Waals surface area contributed by atoms with Crippen LogP contribution in [0.5, 0.6) is 0 Å². The number of benzene rings is 3. The summed E-state index contributed by atoms with van der Waals surface area (Å²) in [5.41, 5.74) is 2.67. The van der Waals surface area contributed by atoms with Gasteiger partial charge < -0.3 is 9.47 Å². The van der Waals surface area contributed by atoms with Crippen LogP contribution in [-0.4, -0.2) is 19.8 Å². The molecule has 146 valence electrons. The zero-order chi connectivity index (χ0) is 19.8. The minimum atomic E-state index is -0.683. The van der Waals surface area contributed by atoms with E-state index in [1.54, 1.807) is 7.11 Å². The molecule has 0 fully saturated rings. The molecular weight excluding hydrogens is 344 g/mol. The zero-order valence-electron chi connectivity index (χ0n) is 17.0. The molecule has 3 aromatic carbocycles. The SMILES string of the molecule is COC(COC(c1ccccc1)(c1ccccc1)c1ccccc1)CC(C)C. The quantitative estimate of drug-likeness (QED) is 0.424.